The van der Waals surface area contributed by atoms with Gasteiger partial charge in [0.05, 0.1) is 4.90 Å². The van der Waals surface area contributed by atoms with Gasteiger partial charge in [0.25, 0.3) is 0 Å². The van der Waals surface area contributed by atoms with Crippen LogP contribution in [-0.4, -0.2) is 50.9 Å². The topological polar surface area (TPSA) is 60.9 Å². The molecule has 0 saturated carbocycles. The molecule has 0 aliphatic carbocycles. The van der Waals surface area contributed by atoms with Gasteiger partial charge in [-0.15, -0.1) is 0 Å². The van der Waals surface area contributed by atoms with E-state index < -0.39 is 10.0 Å². The molecule has 9 heteroatoms. The number of carbonyl (C=O) groups excluding carboxylic acids is 1. The third kappa shape index (κ3) is 3.74. The minimum absolute atomic E-state index is 0.00149. The second-order valence-electron chi connectivity index (χ2n) is 7.72. The van der Waals surface area contributed by atoms with Crippen molar-refractivity contribution in [3.05, 3.63) is 52.3 Å². The van der Waals surface area contributed by atoms with Crippen LogP contribution in [0, 0.1) is 5.82 Å². The molecular weight excluding hydrogens is 473 g/mol. The molecule has 0 N–H and O–H groups in total. The minimum atomic E-state index is -3.73. The average Bonchev–Trinajstić information content (AvgIpc) is 3.02. The van der Waals surface area contributed by atoms with Crippen LogP contribution in [0.4, 0.5) is 15.8 Å². The predicted octanol–water partition coefficient (Wildman–Crippen LogP) is 3.40. The van der Waals surface area contributed by atoms with Gasteiger partial charge in [-0.25, -0.2) is 12.8 Å². The van der Waals surface area contributed by atoms with E-state index in [1.807, 2.05) is 17.9 Å². The van der Waals surface area contributed by atoms with Crippen LogP contribution in [-0.2, 0) is 21.2 Å². The number of hydrogen-bond acceptors (Lipinski definition) is 4. The summed E-state index contributed by atoms with van der Waals surface area (Å²) in [5.41, 5.74) is 2.50. The van der Waals surface area contributed by atoms with E-state index in [9.17, 15) is 17.6 Å². The fraction of sp³-hybridized carbons (Fsp3) is 0.381. The molecule has 30 heavy (non-hydrogen) atoms. The molecule has 0 bridgehead atoms. The fourth-order valence-electron chi connectivity index (χ4n) is 4.27. The first-order valence-electron chi connectivity index (χ1n) is 9.81. The zero-order valence-electron chi connectivity index (χ0n) is 16.8. The van der Waals surface area contributed by atoms with Crippen molar-refractivity contribution in [1.82, 2.24) is 4.31 Å². The van der Waals surface area contributed by atoms with Gasteiger partial charge in [0, 0.05) is 55.0 Å². The number of benzene rings is 2. The summed E-state index contributed by atoms with van der Waals surface area (Å²) in [5.74, 6) is -0.393. The van der Waals surface area contributed by atoms with Crippen LogP contribution < -0.4 is 9.80 Å². The summed E-state index contributed by atoms with van der Waals surface area (Å²) in [5, 5.41) is 0. The van der Waals surface area contributed by atoms with E-state index in [0.29, 0.717) is 42.8 Å². The highest BCUT2D eigenvalue weighted by Gasteiger charge is 2.35. The smallest absolute Gasteiger partial charge is 0.244 e. The Labute approximate surface area is 184 Å². The summed E-state index contributed by atoms with van der Waals surface area (Å²) >= 11 is 3.43. The van der Waals surface area contributed by atoms with Crippen molar-refractivity contribution in [1.29, 1.82) is 0 Å². The summed E-state index contributed by atoms with van der Waals surface area (Å²) in [4.78, 5) is 16.0. The normalized spacial score (nSPS) is 19.8. The first-order valence-corrected chi connectivity index (χ1v) is 12.0. The van der Waals surface area contributed by atoms with Gasteiger partial charge >= 0.3 is 0 Å². The molecule has 2 heterocycles. The van der Waals surface area contributed by atoms with Crippen molar-refractivity contribution in [2.24, 2.45) is 0 Å². The number of piperazine rings is 1. The molecule has 1 amide bonds. The van der Waals surface area contributed by atoms with E-state index in [4.69, 9.17) is 0 Å². The van der Waals surface area contributed by atoms with Gasteiger partial charge in [-0.3, -0.25) is 4.79 Å². The molecule has 6 nitrogen and oxygen atoms in total. The van der Waals surface area contributed by atoms with Gasteiger partial charge in [-0.2, -0.15) is 4.31 Å². The van der Waals surface area contributed by atoms with E-state index in [1.165, 1.54) is 23.4 Å². The lowest BCUT2D eigenvalue weighted by atomic mass is 10.1. The summed E-state index contributed by atoms with van der Waals surface area (Å²) in [6, 6.07) is 9.65. The molecule has 1 atom stereocenters. The van der Waals surface area contributed by atoms with Crippen molar-refractivity contribution in [2.45, 2.75) is 31.2 Å². The molecule has 2 aliphatic heterocycles. The molecule has 160 valence electrons. The maximum Gasteiger partial charge on any atom is 0.244 e. The number of halogens is 2. The Morgan fingerprint density at radius 3 is 2.33 bits per heavy atom. The number of carbonyl (C=O) groups is 1. The van der Waals surface area contributed by atoms with Crippen molar-refractivity contribution in [2.75, 3.05) is 36.0 Å². The van der Waals surface area contributed by atoms with Crippen LogP contribution in [0.1, 0.15) is 19.4 Å². The van der Waals surface area contributed by atoms with Crippen LogP contribution in [0.2, 0.25) is 0 Å². The Morgan fingerprint density at radius 2 is 1.73 bits per heavy atom. The standard InChI is InChI=1S/C21H23BrFN3O3S/c1-14-11-16-12-19(22)21(13-20(16)26(14)15(2)27)30(28,29)25-9-7-24(8-10-25)18-5-3-17(23)4-6-18/h3-6,12-14H,7-11H2,1-2H3. The maximum atomic E-state index is 13.4. The molecule has 2 aromatic rings. The summed E-state index contributed by atoms with van der Waals surface area (Å²) in [7, 11) is -3.73. The third-order valence-corrected chi connectivity index (χ3v) is 8.59. The number of sulfonamides is 1. The van der Waals surface area contributed by atoms with E-state index in [2.05, 4.69) is 15.9 Å². The molecule has 1 saturated heterocycles. The highest BCUT2D eigenvalue weighted by Crippen LogP contribution is 2.39. The maximum absolute atomic E-state index is 13.4. The zero-order chi connectivity index (χ0) is 21.6. The van der Waals surface area contributed by atoms with Gasteiger partial charge in [-0.05, 0) is 71.2 Å². The lowest BCUT2D eigenvalue weighted by Crippen LogP contribution is -2.48. The molecular formula is C21H23BrFN3O3S. The van der Waals surface area contributed by atoms with Crippen molar-refractivity contribution < 1.29 is 17.6 Å². The largest absolute Gasteiger partial charge is 0.369 e. The molecule has 4 rings (SSSR count). The van der Waals surface area contributed by atoms with E-state index in [0.717, 1.165) is 11.3 Å². The van der Waals surface area contributed by atoms with Crippen molar-refractivity contribution in [3.63, 3.8) is 0 Å². The van der Waals surface area contributed by atoms with Crippen LogP contribution in [0.15, 0.2) is 45.8 Å². The van der Waals surface area contributed by atoms with Crippen LogP contribution >= 0.6 is 15.9 Å². The minimum Gasteiger partial charge on any atom is -0.369 e. The monoisotopic (exact) mass is 495 g/mol. The summed E-state index contributed by atoms with van der Waals surface area (Å²) in [6.07, 6.45) is 0.699. The molecule has 0 radical (unpaired) electrons. The summed E-state index contributed by atoms with van der Waals surface area (Å²) in [6.45, 7) is 5.15. The Kier molecular flexibility index (Phi) is 5.63. The quantitative estimate of drug-likeness (QED) is 0.654. The molecule has 1 fully saturated rings. The average molecular weight is 496 g/mol. The van der Waals surface area contributed by atoms with Gasteiger partial charge in [0.1, 0.15) is 5.82 Å². The molecule has 2 aromatic carbocycles. The van der Waals surface area contributed by atoms with Gasteiger partial charge in [-0.1, -0.05) is 0 Å². The first-order chi connectivity index (χ1) is 14.2. The Hall–Kier alpha value is -1.97. The Balaban J connectivity index is 1.58. The lowest BCUT2D eigenvalue weighted by Gasteiger charge is -2.35. The van der Waals surface area contributed by atoms with Crippen LogP contribution in [0.25, 0.3) is 0 Å². The third-order valence-electron chi connectivity index (χ3n) is 5.74. The molecule has 0 spiro atoms. The van der Waals surface area contributed by atoms with E-state index in [-0.39, 0.29) is 22.7 Å². The van der Waals surface area contributed by atoms with Crippen molar-refractivity contribution >= 4 is 43.2 Å². The highest BCUT2D eigenvalue weighted by atomic mass is 79.9. The van der Waals surface area contributed by atoms with Gasteiger partial charge in [0.15, 0.2) is 0 Å². The molecule has 0 aromatic heterocycles. The summed E-state index contributed by atoms with van der Waals surface area (Å²) < 4.78 is 41.9. The van der Waals surface area contributed by atoms with Gasteiger partial charge in [0.2, 0.25) is 15.9 Å². The lowest BCUT2D eigenvalue weighted by molar-refractivity contribution is -0.116. The second-order valence-corrected chi connectivity index (χ2v) is 10.5. The number of fused-ring (bicyclic) bond motifs is 1. The van der Waals surface area contributed by atoms with Gasteiger partial charge < -0.3 is 9.80 Å². The number of anilines is 2. The number of rotatable bonds is 3. The van der Waals surface area contributed by atoms with Crippen molar-refractivity contribution in [3.8, 4) is 0 Å². The Bertz CT molecular complexity index is 1080. The second kappa shape index (κ2) is 7.94. The molecule has 2 aliphatic rings. The van der Waals surface area contributed by atoms with Crippen LogP contribution in [0.5, 0.6) is 0 Å². The predicted molar refractivity (Wildman–Crippen MR) is 118 cm³/mol. The van der Waals surface area contributed by atoms with E-state index in [1.54, 1.807) is 23.1 Å². The van der Waals surface area contributed by atoms with Crippen LogP contribution in [0.3, 0.4) is 0 Å². The van der Waals surface area contributed by atoms with E-state index >= 15 is 0 Å². The number of hydrogen-bond donors (Lipinski definition) is 0. The highest BCUT2D eigenvalue weighted by molar-refractivity contribution is 9.10. The zero-order valence-corrected chi connectivity index (χ0v) is 19.2. The fourth-order valence-corrected chi connectivity index (χ4v) is 6.77. The number of nitrogens with zero attached hydrogens (tertiary/aromatic N) is 3. The SMILES string of the molecule is CC(=O)N1c2cc(S(=O)(=O)N3CCN(c4ccc(F)cc4)CC3)c(Br)cc2CC1C. The number of amides is 1. The Morgan fingerprint density at radius 1 is 1.10 bits per heavy atom. The first kappa shape index (κ1) is 21.3. The molecule has 1 unspecified atom stereocenters.